The van der Waals surface area contributed by atoms with Crippen molar-refractivity contribution in [2.45, 2.75) is 25.7 Å². The summed E-state index contributed by atoms with van der Waals surface area (Å²) in [6.45, 7) is 1.84. The molecule has 100 valence electrons. The highest BCUT2D eigenvalue weighted by molar-refractivity contribution is 5.80. The predicted molar refractivity (Wildman–Crippen MR) is 69.5 cm³/mol. The van der Waals surface area contributed by atoms with Gasteiger partial charge in [-0.15, -0.1) is 0 Å². The van der Waals surface area contributed by atoms with Gasteiger partial charge in [-0.3, -0.25) is 4.68 Å². The van der Waals surface area contributed by atoms with Crippen LogP contribution in [0.15, 0.2) is 17.4 Å². The molecule has 4 N–H and O–H groups in total. The van der Waals surface area contributed by atoms with Crippen LogP contribution in [0.5, 0.6) is 0 Å². The van der Waals surface area contributed by atoms with Crippen LogP contribution in [0.3, 0.4) is 0 Å². The molecule has 1 saturated carbocycles. The van der Waals surface area contributed by atoms with Gasteiger partial charge in [-0.05, 0) is 24.3 Å². The Bertz CT molecular complexity index is 422. The summed E-state index contributed by atoms with van der Waals surface area (Å²) >= 11 is 0. The predicted octanol–water partition coefficient (Wildman–Crippen LogP) is 0.469. The zero-order chi connectivity index (χ0) is 13.0. The van der Waals surface area contributed by atoms with Crippen molar-refractivity contribution in [1.29, 1.82) is 0 Å². The first-order chi connectivity index (χ1) is 8.63. The van der Waals surface area contributed by atoms with E-state index >= 15 is 0 Å². The van der Waals surface area contributed by atoms with Crippen LogP contribution >= 0.6 is 0 Å². The standard InChI is InChI=1S/C12H21N5O/c1-17-7-3-10(15-17)2-6-14-9-12(4-5-12)8-11(13)16-18/h3,7,14,18H,2,4-6,8-9H2,1H3,(H2,13,16). The highest BCUT2D eigenvalue weighted by atomic mass is 16.4. The summed E-state index contributed by atoms with van der Waals surface area (Å²) in [6, 6.07) is 2.03. The van der Waals surface area contributed by atoms with E-state index in [0.717, 1.165) is 38.0 Å². The molecule has 0 aromatic carbocycles. The van der Waals surface area contributed by atoms with Gasteiger partial charge in [0, 0.05) is 39.2 Å². The first-order valence-electron chi connectivity index (χ1n) is 6.29. The number of rotatable bonds is 7. The average Bonchev–Trinajstić information content (AvgIpc) is 2.98. The van der Waals surface area contributed by atoms with Crippen molar-refractivity contribution < 1.29 is 5.21 Å². The Labute approximate surface area is 107 Å². The quantitative estimate of drug-likeness (QED) is 0.216. The van der Waals surface area contributed by atoms with Crippen LogP contribution in [0.1, 0.15) is 25.0 Å². The first kappa shape index (κ1) is 12.9. The monoisotopic (exact) mass is 251 g/mol. The molecule has 0 aliphatic heterocycles. The summed E-state index contributed by atoms with van der Waals surface area (Å²) in [5.74, 6) is 0.332. The van der Waals surface area contributed by atoms with Gasteiger partial charge in [-0.25, -0.2) is 0 Å². The molecule has 1 fully saturated rings. The molecule has 0 spiro atoms. The number of oxime groups is 1. The van der Waals surface area contributed by atoms with E-state index in [4.69, 9.17) is 10.9 Å². The first-order valence-corrected chi connectivity index (χ1v) is 6.29. The lowest BCUT2D eigenvalue weighted by atomic mass is 10.0. The largest absolute Gasteiger partial charge is 0.409 e. The lowest BCUT2D eigenvalue weighted by Gasteiger charge is -2.14. The Hall–Kier alpha value is -1.56. The summed E-state index contributed by atoms with van der Waals surface area (Å²) < 4.78 is 1.82. The third kappa shape index (κ3) is 3.46. The molecule has 6 heteroatoms. The summed E-state index contributed by atoms with van der Waals surface area (Å²) in [7, 11) is 1.92. The van der Waals surface area contributed by atoms with Crippen LogP contribution in [0, 0.1) is 5.41 Å². The second-order valence-electron chi connectivity index (χ2n) is 5.18. The smallest absolute Gasteiger partial charge is 0.139 e. The van der Waals surface area contributed by atoms with Crippen molar-refractivity contribution in [3.8, 4) is 0 Å². The van der Waals surface area contributed by atoms with Crippen LogP contribution in [-0.2, 0) is 13.5 Å². The Kier molecular flexibility index (Phi) is 3.86. The fourth-order valence-electron chi connectivity index (χ4n) is 2.18. The zero-order valence-electron chi connectivity index (χ0n) is 10.8. The summed E-state index contributed by atoms with van der Waals surface area (Å²) in [5.41, 5.74) is 6.88. The van der Waals surface area contributed by atoms with E-state index in [1.54, 1.807) is 0 Å². The van der Waals surface area contributed by atoms with Gasteiger partial charge in [0.05, 0.1) is 5.69 Å². The highest BCUT2D eigenvalue weighted by Crippen LogP contribution is 2.48. The second-order valence-corrected chi connectivity index (χ2v) is 5.18. The number of nitrogens with one attached hydrogen (secondary N) is 1. The third-order valence-electron chi connectivity index (χ3n) is 3.47. The van der Waals surface area contributed by atoms with Crippen molar-refractivity contribution in [2.24, 2.45) is 23.4 Å². The molecule has 1 aliphatic carbocycles. The Balaban J connectivity index is 1.66. The molecule has 1 aliphatic rings. The summed E-state index contributed by atoms with van der Waals surface area (Å²) in [6.07, 6.45) is 5.87. The topological polar surface area (TPSA) is 88.5 Å². The SMILES string of the molecule is Cn1ccc(CCNCC2(C/C(N)=N/O)CC2)n1. The molecular weight excluding hydrogens is 230 g/mol. The molecule has 0 atom stereocenters. The minimum absolute atomic E-state index is 0.223. The number of nitrogens with two attached hydrogens (primary N) is 1. The van der Waals surface area contributed by atoms with E-state index in [1.165, 1.54) is 0 Å². The van der Waals surface area contributed by atoms with E-state index in [9.17, 15) is 0 Å². The molecule has 1 aromatic rings. The Morgan fingerprint density at radius 3 is 3.00 bits per heavy atom. The molecule has 6 nitrogen and oxygen atoms in total. The lowest BCUT2D eigenvalue weighted by molar-refractivity contribution is 0.314. The van der Waals surface area contributed by atoms with Crippen LogP contribution in [0.2, 0.25) is 0 Å². The molecule has 0 amide bonds. The maximum absolute atomic E-state index is 8.58. The van der Waals surface area contributed by atoms with Crippen molar-refractivity contribution in [3.63, 3.8) is 0 Å². The van der Waals surface area contributed by atoms with Gasteiger partial charge < -0.3 is 16.3 Å². The second kappa shape index (κ2) is 5.39. The highest BCUT2D eigenvalue weighted by Gasteiger charge is 2.42. The van der Waals surface area contributed by atoms with Gasteiger partial charge in [0.25, 0.3) is 0 Å². The number of aromatic nitrogens is 2. The van der Waals surface area contributed by atoms with Crippen LogP contribution in [-0.4, -0.2) is 33.9 Å². The molecule has 1 aromatic heterocycles. The number of amidine groups is 1. The van der Waals surface area contributed by atoms with E-state index in [1.807, 2.05) is 24.0 Å². The van der Waals surface area contributed by atoms with Gasteiger partial charge in [0.2, 0.25) is 0 Å². The molecular formula is C12H21N5O. The number of hydrogen-bond donors (Lipinski definition) is 3. The molecule has 0 bridgehead atoms. The molecule has 1 heterocycles. The molecule has 0 radical (unpaired) electrons. The number of aryl methyl sites for hydroxylation is 1. The molecule has 0 unspecified atom stereocenters. The molecule has 18 heavy (non-hydrogen) atoms. The van der Waals surface area contributed by atoms with E-state index < -0.39 is 0 Å². The number of nitrogens with zero attached hydrogens (tertiary/aromatic N) is 3. The van der Waals surface area contributed by atoms with Crippen LogP contribution in [0.4, 0.5) is 0 Å². The Morgan fingerprint density at radius 1 is 1.67 bits per heavy atom. The normalized spacial score (nSPS) is 17.9. The van der Waals surface area contributed by atoms with Gasteiger partial charge in [-0.2, -0.15) is 5.10 Å². The lowest BCUT2D eigenvalue weighted by Crippen LogP contribution is -2.29. The van der Waals surface area contributed by atoms with E-state index in [2.05, 4.69) is 15.6 Å². The maximum Gasteiger partial charge on any atom is 0.139 e. The van der Waals surface area contributed by atoms with Crippen LogP contribution in [0.25, 0.3) is 0 Å². The van der Waals surface area contributed by atoms with E-state index in [0.29, 0.717) is 12.3 Å². The molecule has 0 saturated heterocycles. The third-order valence-corrected chi connectivity index (χ3v) is 3.47. The maximum atomic E-state index is 8.58. The fourth-order valence-corrected chi connectivity index (χ4v) is 2.18. The molecule has 2 rings (SSSR count). The Morgan fingerprint density at radius 2 is 2.44 bits per heavy atom. The minimum Gasteiger partial charge on any atom is -0.409 e. The van der Waals surface area contributed by atoms with Crippen molar-refractivity contribution in [3.05, 3.63) is 18.0 Å². The zero-order valence-corrected chi connectivity index (χ0v) is 10.8. The van der Waals surface area contributed by atoms with Crippen molar-refractivity contribution in [1.82, 2.24) is 15.1 Å². The minimum atomic E-state index is 0.223. The van der Waals surface area contributed by atoms with Crippen molar-refractivity contribution >= 4 is 5.84 Å². The summed E-state index contributed by atoms with van der Waals surface area (Å²) in [4.78, 5) is 0. The average molecular weight is 251 g/mol. The van der Waals surface area contributed by atoms with Crippen LogP contribution < -0.4 is 11.1 Å². The van der Waals surface area contributed by atoms with Gasteiger partial charge in [0.15, 0.2) is 0 Å². The van der Waals surface area contributed by atoms with Gasteiger partial charge in [0.1, 0.15) is 5.84 Å². The number of hydrogen-bond acceptors (Lipinski definition) is 4. The van der Waals surface area contributed by atoms with Gasteiger partial charge >= 0.3 is 0 Å². The summed E-state index contributed by atoms with van der Waals surface area (Å²) in [5, 5.41) is 19.4. The fraction of sp³-hybridized carbons (Fsp3) is 0.667. The van der Waals surface area contributed by atoms with Crippen molar-refractivity contribution in [2.75, 3.05) is 13.1 Å². The van der Waals surface area contributed by atoms with E-state index in [-0.39, 0.29) is 5.41 Å². The van der Waals surface area contributed by atoms with Gasteiger partial charge in [-0.1, -0.05) is 5.16 Å².